The summed E-state index contributed by atoms with van der Waals surface area (Å²) in [6, 6.07) is 5.67. The van der Waals surface area contributed by atoms with Crippen LogP contribution in [0, 0.1) is 0 Å². The van der Waals surface area contributed by atoms with Crippen LogP contribution in [-0.4, -0.2) is 25.2 Å². The Morgan fingerprint density at radius 3 is 3.12 bits per heavy atom. The van der Waals surface area contributed by atoms with Crippen molar-refractivity contribution in [3.8, 4) is 0 Å². The third kappa shape index (κ3) is 2.80. The Bertz CT molecular complexity index is 1040. The fourth-order valence-electron chi connectivity index (χ4n) is 3.31. The molecule has 8 heteroatoms. The van der Waals surface area contributed by atoms with Gasteiger partial charge < -0.3 is 5.32 Å². The first-order valence-electron chi connectivity index (χ1n) is 7.98. The Morgan fingerprint density at radius 2 is 2.28 bits per heavy atom. The monoisotopic (exact) mass is 357 g/mol. The van der Waals surface area contributed by atoms with Gasteiger partial charge in [-0.05, 0) is 36.1 Å². The van der Waals surface area contributed by atoms with Gasteiger partial charge in [-0.25, -0.2) is 4.98 Å². The van der Waals surface area contributed by atoms with Crippen molar-refractivity contribution in [1.29, 1.82) is 0 Å². The Hall–Kier alpha value is -2.67. The first kappa shape index (κ1) is 15.8. The van der Waals surface area contributed by atoms with Crippen molar-refractivity contribution in [2.45, 2.75) is 25.4 Å². The van der Waals surface area contributed by atoms with Crippen molar-refractivity contribution in [3.63, 3.8) is 0 Å². The van der Waals surface area contributed by atoms with E-state index in [1.54, 1.807) is 7.05 Å². The molecule has 0 saturated heterocycles. The van der Waals surface area contributed by atoms with Crippen LogP contribution in [-0.2, 0) is 24.8 Å². The summed E-state index contributed by atoms with van der Waals surface area (Å²) in [6.07, 6.45) is 4.56. The van der Waals surface area contributed by atoms with E-state index in [1.807, 2.05) is 18.2 Å². The quantitative estimate of drug-likeness (QED) is 0.771. The minimum absolute atomic E-state index is 0.0504. The van der Waals surface area contributed by atoms with E-state index >= 15 is 0 Å². The Kier molecular flexibility index (Phi) is 3.80. The van der Waals surface area contributed by atoms with Crippen LogP contribution in [0.2, 0.25) is 5.02 Å². The van der Waals surface area contributed by atoms with Gasteiger partial charge >= 0.3 is 0 Å². The van der Waals surface area contributed by atoms with Crippen molar-refractivity contribution >= 4 is 28.5 Å². The average molecular weight is 358 g/mol. The van der Waals surface area contributed by atoms with E-state index in [2.05, 4.69) is 15.4 Å². The first-order chi connectivity index (χ1) is 12.0. The lowest BCUT2D eigenvalue weighted by Crippen LogP contribution is -2.34. The third-order valence-corrected chi connectivity index (χ3v) is 4.79. The number of benzene rings is 1. The van der Waals surface area contributed by atoms with E-state index in [9.17, 15) is 9.59 Å². The molecular formula is C17H16ClN5O2. The van der Waals surface area contributed by atoms with Gasteiger partial charge in [0, 0.05) is 12.1 Å². The summed E-state index contributed by atoms with van der Waals surface area (Å²) >= 11 is 6.01. The zero-order valence-electron chi connectivity index (χ0n) is 13.6. The van der Waals surface area contributed by atoms with Gasteiger partial charge in [-0.2, -0.15) is 5.10 Å². The lowest BCUT2D eigenvalue weighted by Gasteiger charge is -2.14. The second-order valence-electron chi connectivity index (χ2n) is 6.18. The molecule has 0 fully saturated rings. The predicted molar refractivity (Wildman–Crippen MR) is 93.4 cm³/mol. The molecule has 0 radical (unpaired) electrons. The lowest BCUT2D eigenvalue weighted by molar-refractivity contribution is -0.122. The molecule has 4 rings (SSSR count). The molecule has 25 heavy (non-hydrogen) atoms. The summed E-state index contributed by atoms with van der Waals surface area (Å²) in [7, 11) is 1.72. The molecule has 1 N–H and O–H groups in total. The van der Waals surface area contributed by atoms with Gasteiger partial charge in [0.1, 0.15) is 18.3 Å². The van der Waals surface area contributed by atoms with E-state index in [0.717, 1.165) is 24.0 Å². The van der Waals surface area contributed by atoms with E-state index in [-0.39, 0.29) is 24.1 Å². The molecule has 1 aliphatic carbocycles. The summed E-state index contributed by atoms with van der Waals surface area (Å²) in [4.78, 5) is 29.0. The minimum atomic E-state index is -0.271. The number of halogens is 1. The van der Waals surface area contributed by atoms with Crippen LogP contribution in [0.3, 0.4) is 0 Å². The number of fused-ring (bicyclic) bond motifs is 2. The number of aryl methyl sites for hydroxylation is 2. The largest absolute Gasteiger partial charge is 0.348 e. The molecule has 7 nitrogen and oxygen atoms in total. The van der Waals surface area contributed by atoms with Gasteiger partial charge in [-0.15, -0.1) is 0 Å². The van der Waals surface area contributed by atoms with Crippen LogP contribution in [0.5, 0.6) is 0 Å². The van der Waals surface area contributed by atoms with Crippen molar-refractivity contribution < 1.29 is 4.79 Å². The Balaban J connectivity index is 1.52. The van der Waals surface area contributed by atoms with Crippen LogP contribution in [0.4, 0.5) is 0 Å². The van der Waals surface area contributed by atoms with Crippen LogP contribution >= 0.6 is 11.6 Å². The van der Waals surface area contributed by atoms with E-state index in [1.165, 1.54) is 21.8 Å². The van der Waals surface area contributed by atoms with E-state index in [0.29, 0.717) is 16.1 Å². The molecule has 128 valence electrons. The summed E-state index contributed by atoms with van der Waals surface area (Å²) in [5, 5.41) is 8.12. The number of carbonyl (C=O) groups excluding carboxylic acids is 1. The first-order valence-corrected chi connectivity index (χ1v) is 8.35. The third-order valence-electron chi connectivity index (χ3n) is 4.55. The summed E-state index contributed by atoms with van der Waals surface area (Å²) in [6.45, 7) is -0.0733. The summed E-state index contributed by atoms with van der Waals surface area (Å²) in [5.41, 5.74) is 2.48. The maximum absolute atomic E-state index is 12.4. The molecule has 2 aromatic heterocycles. The highest BCUT2D eigenvalue weighted by atomic mass is 35.5. The van der Waals surface area contributed by atoms with Gasteiger partial charge in [-0.3, -0.25) is 18.8 Å². The predicted octanol–water partition coefficient (Wildman–Crippen LogP) is 1.59. The molecule has 1 atom stereocenters. The molecule has 3 aromatic rings. The molecule has 0 unspecified atom stereocenters. The van der Waals surface area contributed by atoms with Gasteiger partial charge in [-0.1, -0.05) is 17.7 Å². The number of nitrogens with zero attached hydrogens (tertiary/aromatic N) is 4. The van der Waals surface area contributed by atoms with E-state index < -0.39 is 0 Å². The number of aromatic nitrogens is 4. The normalized spacial score (nSPS) is 16.2. The highest BCUT2D eigenvalue weighted by molar-refractivity contribution is 6.30. The minimum Gasteiger partial charge on any atom is -0.348 e. The SMILES string of the molecule is Cn1ncc2c(=O)n(CC(=O)N[C@H]3CCc4cc(Cl)ccc43)cnc21. The van der Waals surface area contributed by atoms with Gasteiger partial charge in [0.15, 0.2) is 5.65 Å². The second kappa shape index (κ2) is 6.00. The number of carbonyl (C=O) groups is 1. The lowest BCUT2D eigenvalue weighted by atomic mass is 10.1. The van der Waals surface area contributed by atoms with Gasteiger partial charge in [0.25, 0.3) is 5.56 Å². The zero-order valence-corrected chi connectivity index (χ0v) is 14.3. The molecule has 0 spiro atoms. The average Bonchev–Trinajstić information content (AvgIpc) is 3.14. The fourth-order valence-corrected chi connectivity index (χ4v) is 3.50. The fraction of sp³-hybridized carbons (Fsp3) is 0.294. The number of nitrogens with one attached hydrogen (secondary N) is 1. The zero-order chi connectivity index (χ0) is 17.6. The Labute approximate surface area is 148 Å². The molecule has 1 aromatic carbocycles. The maximum atomic E-state index is 12.4. The molecular weight excluding hydrogens is 342 g/mol. The van der Waals surface area contributed by atoms with Crippen LogP contribution in [0.15, 0.2) is 35.5 Å². The molecule has 0 bridgehead atoms. The second-order valence-corrected chi connectivity index (χ2v) is 6.62. The van der Waals surface area contributed by atoms with Crippen molar-refractivity contribution in [2.24, 2.45) is 7.05 Å². The van der Waals surface area contributed by atoms with E-state index in [4.69, 9.17) is 11.6 Å². The summed E-state index contributed by atoms with van der Waals surface area (Å²) < 4.78 is 2.83. The molecule has 0 aliphatic heterocycles. The molecule has 0 saturated carbocycles. The van der Waals surface area contributed by atoms with Crippen LogP contribution in [0.1, 0.15) is 23.6 Å². The number of amides is 1. The van der Waals surface area contributed by atoms with Gasteiger partial charge in [0.2, 0.25) is 5.91 Å². The maximum Gasteiger partial charge on any atom is 0.264 e. The number of rotatable bonds is 3. The number of hydrogen-bond acceptors (Lipinski definition) is 4. The molecule has 1 amide bonds. The smallest absolute Gasteiger partial charge is 0.264 e. The molecule has 2 heterocycles. The highest BCUT2D eigenvalue weighted by Crippen LogP contribution is 2.32. The standard InChI is InChI=1S/C17H16ClN5O2/c1-22-16-13(7-20-22)17(25)23(9-19-16)8-15(24)21-14-5-2-10-6-11(18)3-4-12(10)14/h3-4,6-7,9,14H,2,5,8H2,1H3,(H,21,24)/t14-/m0/s1. The van der Waals surface area contributed by atoms with Gasteiger partial charge in [0.05, 0.1) is 12.2 Å². The molecule has 1 aliphatic rings. The van der Waals surface area contributed by atoms with Crippen molar-refractivity contribution in [3.05, 3.63) is 57.2 Å². The van der Waals surface area contributed by atoms with Crippen LogP contribution < -0.4 is 10.9 Å². The topological polar surface area (TPSA) is 81.8 Å². The van der Waals surface area contributed by atoms with Crippen molar-refractivity contribution in [2.75, 3.05) is 0 Å². The van der Waals surface area contributed by atoms with Crippen molar-refractivity contribution in [1.82, 2.24) is 24.6 Å². The number of hydrogen-bond donors (Lipinski definition) is 1. The Morgan fingerprint density at radius 1 is 1.44 bits per heavy atom. The van der Waals surface area contributed by atoms with Crippen LogP contribution in [0.25, 0.3) is 11.0 Å². The summed E-state index contributed by atoms with van der Waals surface area (Å²) in [5.74, 6) is -0.222. The highest BCUT2D eigenvalue weighted by Gasteiger charge is 2.24.